The second-order valence-corrected chi connectivity index (χ2v) is 7.35. The number of nitrogens with zero attached hydrogens (tertiary/aromatic N) is 4. The Balaban J connectivity index is 1.61. The number of anilines is 2. The number of aliphatic carboxylic acids is 1. The fourth-order valence-corrected chi connectivity index (χ4v) is 3.94. The molecule has 0 radical (unpaired) electrons. The number of aromatic nitrogens is 2. The maximum Gasteiger partial charge on any atom is 0.303 e. The molecular formula is C17H24N4O2. The van der Waals surface area contributed by atoms with Crippen molar-refractivity contribution < 1.29 is 9.90 Å². The van der Waals surface area contributed by atoms with Crippen LogP contribution in [-0.4, -0.2) is 46.7 Å². The first-order chi connectivity index (χ1) is 11.0. The second-order valence-electron chi connectivity index (χ2n) is 7.35. The Morgan fingerprint density at radius 1 is 1.26 bits per heavy atom. The summed E-state index contributed by atoms with van der Waals surface area (Å²) in [7, 11) is 0. The Labute approximate surface area is 136 Å². The molecule has 0 unspecified atom stereocenters. The molecule has 6 heteroatoms. The molecule has 0 saturated carbocycles. The van der Waals surface area contributed by atoms with Crippen LogP contribution in [0, 0.1) is 5.92 Å². The Bertz CT molecular complexity index is 642. The number of rotatable bonds is 4. The van der Waals surface area contributed by atoms with Crippen molar-refractivity contribution in [1.29, 1.82) is 0 Å². The number of carboxylic acid groups (broad SMARTS) is 1. The quantitative estimate of drug-likeness (QED) is 0.916. The molecule has 2 aliphatic heterocycles. The molecule has 1 aliphatic carbocycles. The third kappa shape index (κ3) is 2.44. The molecule has 0 bridgehead atoms. The van der Waals surface area contributed by atoms with Crippen molar-refractivity contribution in [3.63, 3.8) is 0 Å². The summed E-state index contributed by atoms with van der Waals surface area (Å²) in [6.07, 6.45) is 3.65. The predicted octanol–water partition coefficient (Wildman–Crippen LogP) is 2.04. The van der Waals surface area contributed by atoms with Crippen LogP contribution in [0.3, 0.4) is 0 Å². The van der Waals surface area contributed by atoms with Crippen LogP contribution >= 0.6 is 0 Å². The average molecular weight is 316 g/mol. The largest absolute Gasteiger partial charge is 0.481 e. The van der Waals surface area contributed by atoms with E-state index in [9.17, 15) is 4.79 Å². The van der Waals surface area contributed by atoms with Gasteiger partial charge in [-0.25, -0.2) is 4.98 Å². The van der Waals surface area contributed by atoms with Crippen LogP contribution in [0.4, 0.5) is 11.8 Å². The minimum absolute atomic E-state index is 0.253. The smallest absolute Gasteiger partial charge is 0.303 e. The van der Waals surface area contributed by atoms with Gasteiger partial charge in [0.25, 0.3) is 0 Å². The van der Waals surface area contributed by atoms with E-state index < -0.39 is 5.97 Å². The van der Waals surface area contributed by atoms with Crippen LogP contribution in [0.2, 0.25) is 0 Å². The minimum atomic E-state index is -0.703. The van der Waals surface area contributed by atoms with Gasteiger partial charge in [-0.3, -0.25) is 4.79 Å². The lowest BCUT2D eigenvalue weighted by Crippen LogP contribution is -2.50. The highest BCUT2D eigenvalue weighted by Gasteiger charge is 2.36. The number of hydrogen-bond donors (Lipinski definition) is 1. The number of hydrogen-bond acceptors (Lipinski definition) is 5. The molecule has 2 atom stereocenters. The summed E-state index contributed by atoms with van der Waals surface area (Å²) >= 11 is 0. The van der Waals surface area contributed by atoms with Gasteiger partial charge in [-0.1, -0.05) is 6.92 Å². The number of fused-ring (bicyclic) bond motifs is 1. The summed E-state index contributed by atoms with van der Waals surface area (Å²) in [6.45, 7) is 7.11. The van der Waals surface area contributed by atoms with Gasteiger partial charge in [-0.15, -0.1) is 0 Å². The second kappa shape index (κ2) is 5.35. The van der Waals surface area contributed by atoms with Crippen LogP contribution in [-0.2, 0) is 11.2 Å². The first kappa shape index (κ1) is 14.7. The van der Waals surface area contributed by atoms with E-state index in [1.54, 1.807) is 0 Å². The van der Waals surface area contributed by atoms with Crippen molar-refractivity contribution in [3.05, 3.63) is 11.3 Å². The van der Waals surface area contributed by atoms with Gasteiger partial charge in [0.15, 0.2) is 0 Å². The lowest BCUT2D eigenvalue weighted by atomic mass is 9.95. The average Bonchev–Trinajstić information content (AvgIpc) is 2.82. The zero-order chi connectivity index (χ0) is 16.1. The third-order valence-corrected chi connectivity index (χ3v) is 5.60. The zero-order valence-electron chi connectivity index (χ0n) is 13.8. The van der Waals surface area contributed by atoms with Gasteiger partial charge >= 0.3 is 5.97 Å². The van der Waals surface area contributed by atoms with E-state index in [1.165, 1.54) is 17.7 Å². The van der Waals surface area contributed by atoms with E-state index in [2.05, 4.69) is 23.6 Å². The molecule has 4 rings (SSSR count). The molecule has 3 aliphatic rings. The lowest BCUT2D eigenvalue weighted by molar-refractivity contribution is -0.138. The molecule has 1 N–H and O–H groups in total. The van der Waals surface area contributed by atoms with Gasteiger partial charge in [0, 0.05) is 37.2 Å². The molecule has 1 aromatic rings. The SMILES string of the molecule is C[C@@H]1CCc2c1nc(N1CC[C@@H]1C)nc2N1CC(CC(=O)O)C1. The molecule has 2 fully saturated rings. The fourth-order valence-electron chi connectivity index (χ4n) is 3.94. The Hall–Kier alpha value is -1.85. The molecular weight excluding hydrogens is 292 g/mol. The molecule has 6 nitrogen and oxygen atoms in total. The number of carboxylic acids is 1. The Kier molecular flexibility index (Phi) is 3.43. The highest BCUT2D eigenvalue weighted by Crippen LogP contribution is 2.40. The van der Waals surface area contributed by atoms with Crippen molar-refractivity contribution in [2.45, 2.75) is 51.5 Å². The molecule has 3 heterocycles. The van der Waals surface area contributed by atoms with E-state index in [4.69, 9.17) is 15.1 Å². The monoisotopic (exact) mass is 316 g/mol. The third-order valence-electron chi connectivity index (χ3n) is 5.60. The summed E-state index contributed by atoms with van der Waals surface area (Å²) in [5.74, 6) is 1.98. The standard InChI is InChI=1S/C17H24N4O2/c1-10-3-4-13-15(10)18-17(21-6-5-11(21)2)19-16(13)20-8-12(9-20)7-14(22)23/h10-12H,3-9H2,1-2H3,(H,22,23)/t10-,11+/m1/s1. The maximum atomic E-state index is 10.9. The van der Waals surface area contributed by atoms with Gasteiger partial charge in [0.1, 0.15) is 5.82 Å². The van der Waals surface area contributed by atoms with E-state index >= 15 is 0 Å². The van der Waals surface area contributed by atoms with Gasteiger partial charge in [0.2, 0.25) is 5.95 Å². The zero-order valence-corrected chi connectivity index (χ0v) is 13.8. The van der Waals surface area contributed by atoms with Crippen molar-refractivity contribution in [1.82, 2.24) is 9.97 Å². The lowest BCUT2D eigenvalue weighted by Gasteiger charge is -2.42. The molecule has 2 saturated heterocycles. The summed E-state index contributed by atoms with van der Waals surface area (Å²) in [5, 5.41) is 8.93. The first-order valence-corrected chi connectivity index (χ1v) is 8.67. The van der Waals surface area contributed by atoms with Crippen LogP contribution in [0.5, 0.6) is 0 Å². The van der Waals surface area contributed by atoms with Gasteiger partial charge < -0.3 is 14.9 Å². The molecule has 124 valence electrons. The van der Waals surface area contributed by atoms with Gasteiger partial charge in [-0.2, -0.15) is 4.98 Å². The topological polar surface area (TPSA) is 69.6 Å². The summed E-state index contributed by atoms with van der Waals surface area (Å²) < 4.78 is 0. The van der Waals surface area contributed by atoms with E-state index in [0.29, 0.717) is 12.0 Å². The molecule has 0 spiro atoms. The molecule has 0 aromatic carbocycles. The molecule has 1 aromatic heterocycles. The summed E-state index contributed by atoms with van der Waals surface area (Å²) in [5.41, 5.74) is 2.51. The molecule has 23 heavy (non-hydrogen) atoms. The Morgan fingerprint density at radius 3 is 2.65 bits per heavy atom. The van der Waals surface area contributed by atoms with Crippen molar-refractivity contribution >= 4 is 17.7 Å². The number of carbonyl (C=O) groups is 1. The van der Waals surface area contributed by atoms with E-state index in [0.717, 1.165) is 44.2 Å². The van der Waals surface area contributed by atoms with Crippen molar-refractivity contribution in [3.8, 4) is 0 Å². The summed E-state index contributed by atoms with van der Waals surface area (Å²) in [6, 6.07) is 0.522. The maximum absolute atomic E-state index is 10.9. The van der Waals surface area contributed by atoms with Crippen LogP contribution in [0.1, 0.15) is 50.3 Å². The Morgan fingerprint density at radius 2 is 2.04 bits per heavy atom. The highest BCUT2D eigenvalue weighted by molar-refractivity contribution is 5.68. The van der Waals surface area contributed by atoms with E-state index in [-0.39, 0.29) is 12.3 Å². The van der Waals surface area contributed by atoms with Crippen LogP contribution in [0.15, 0.2) is 0 Å². The van der Waals surface area contributed by atoms with Crippen molar-refractivity contribution in [2.75, 3.05) is 29.4 Å². The minimum Gasteiger partial charge on any atom is -0.481 e. The fraction of sp³-hybridized carbons (Fsp3) is 0.706. The van der Waals surface area contributed by atoms with Gasteiger partial charge in [-0.05, 0) is 32.1 Å². The predicted molar refractivity (Wildman–Crippen MR) is 88.1 cm³/mol. The summed E-state index contributed by atoms with van der Waals surface area (Å²) in [4.78, 5) is 25.1. The first-order valence-electron chi connectivity index (χ1n) is 8.67. The van der Waals surface area contributed by atoms with Crippen LogP contribution < -0.4 is 9.80 Å². The van der Waals surface area contributed by atoms with Crippen molar-refractivity contribution in [2.24, 2.45) is 5.92 Å². The van der Waals surface area contributed by atoms with Crippen LogP contribution in [0.25, 0.3) is 0 Å². The normalized spacial score (nSPS) is 26.7. The van der Waals surface area contributed by atoms with E-state index in [1.807, 2.05) is 0 Å². The molecule has 0 amide bonds. The van der Waals surface area contributed by atoms with Gasteiger partial charge in [0.05, 0.1) is 12.1 Å². The highest BCUT2D eigenvalue weighted by atomic mass is 16.4.